The quantitative estimate of drug-likeness (QED) is 0.543. The zero-order valence-electron chi connectivity index (χ0n) is 9.74. The van der Waals surface area contributed by atoms with Crippen molar-refractivity contribution in [1.82, 2.24) is 0 Å². The van der Waals surface area contributed by atoms with Gasteiger partial charge < -0.3 is 14.2 Å². The number of rotatable bonds is 3. The molecule has 1 heterocycles. The van der Waals surface area contributed by atoms with Crippen molar-refractivity contribution in [3.63, 3.8) is 0 Å². The maximum atomic E-state index is 11.3. The Morgan fingerprint density at radius 3 is 2.50 bits per heavy atom. The molecule has 0 radical (unpaired) electrons. The lowest BCUT2D eigenvalue weighted by Crippen LogP contribution is -2.38. The van der Waals surface area contributed by atoms with Gasteiger partial charge in [-0.05, 0) is 13.3 Å². The van der Waals surface area contributed by atoms with Crippen LogP contribution in [0.25, 0.3) is 0 Å². The minimum Gasteiger partial charge on any atom is -0.466 e. The molecule has 0 aromatic heterocycles. The summed E-state index contributed by atoms with van der Waals surface area (Å²) in [5.74, 6) is -0.385. The summed E-state index contributed by atoms with van der Waals surface area (Å²) in [7, 11) is 1.33. The number of cyclic esters (lactones) is 2. The van der Waals surface area contributed by atoms with E-state index in [1.165, 1.54) is 7.11 Å². The Balaban J connectivity index is 2.81. The number of methoxy groups -OCH3 is 1. The first-order valence-electron chi connectivity index (χ1n) is 5.10. The molecule has 0 aromatic carbocycles. The molecular formula is C11H16O5. The van der Waals surface area contributed by atoms with E-state index in [0.717, 1.165) is 0 Å². The molecule has 1 fully saturated rings. The Hall–Kier alpha value is -1.52. The number of esters is 1. The van der Waals surface area contributed by atoms with Crippen LogP contribution in [0.5, 0.6) is 0 Å². The largest absolute Gasteiger partial charge is 0.508 e. The van der Waals surface area contributed by atoms with Crippen LogP contribution in [0.15, 0.2) is 11.6 Å². The molecule has 5 heteroatoms. The minimum absolute atomic E-state index is 0.233. The van der Waals surface area contributed by atoms with E-state index in [1.54, 1.807) is 13.0 Å². The maximum absolute atomic E-state index is 11.3. The zero-order chi connectivity index (χ0) is 12.2. The van der Waals surface area contributed by atoms with Crippen molar-refractivity contribution in [2.45, 2.75) is 20.3 Å². The van der Waals surface area contributed by atoms with Gasteiger partial charge in [-0.25, -0.2) is 9.59 Å². The Morgan fingerprint density at radius 2 is 2.06 bits per heavy atom. The monoisotopic (exact) mass is 228 g/mol. The standard InChI is InChI=1S/C11H16O5/c1-4-11(5-8(2)9(12)14-3)6-15-10(13)16-7-11/h5H,4,6-7H2,1-3H3. The zero-order valence-corrected chi connectivity index (χ0v) is 9.74. The van der Waals surface area contributed by atoms with Gasteiger partial charge in [-0.3, -0.25) is 0 Å². The summed E-state index contributed by atoms with van der Waals surface area (Å²) in [5, 5.41) is 0. The molecule has 1 aliphatic rings. The lowest BCUT2D eigenvalue weighted by atomic mass is 9.84. The average Bonchev–Trinajstić information content (AvgIpc) is 2.31. The van der Waals surface area contributed by atoms with Crippen LogP contribution >= 0.6 is 0 Å². The summed E-state index contributed by atoms with van der Waals surface area (Å²) in [5.41, 5.74) is 0.0672. The second-order valence-corrected chi connectivity index (χ2v) is 3.86. The fraction of sp³-hybridized carbons (Fsp3) is 0.636. The molecule has 0 N–H and O–H groups in total. The predicted octanol–water partition coefficient (Wildman–Crippen LogP) is 1.67. The normalized spacial score (nSPS) is 19.7. The van der Waals surface area contributed by atoms with Gasteiger partial charge in [0.25, 0.3) is 0 Å². The fourth-order valence-corrected chi connectivity index (χ4v) is 1.56. The van der Waals surface area contributed by atoms with Gasteiger partial charge in [-0.2, -0.15) is 0 Å². The van der Waals surface area contributed by atoms with Crippen molar-refractivity contribution in [1.29, 1.82) is 0 Å². The van der Waals surface area contributed by atoms with Gasteiger partial charge in [-0.15, -0.1) is 0 Å². The Labute approximate surface area is 94.4 Å². The second-order valence-electron chi connectivity index (χ2n) is 3.86. The van der Waals surface area contributed by atoms with Crippen molar-refractivity contribution in [2.24, 2.45) is 5.41 Å². The number of ether oxygens (including phenoxy) is 3. The minimum atomic E-state index is -0.659. The summed E-state index contributed by atoms with van der Waals surface area (Å²) in [6.07, 6.45) is 1.81. The Kier molecular flexibility index (Phi) is 3.93. The van der Waals surface area contributed by atoms with E-state index in [9.17, 15) is 9.59 Å². The molecule has 0 aliphatic carbocycles. The molecule has 90 valence electrons. The molecule has 0 atom stereocenters. The second kappa shape index (κ2) is 5.01. The van der Waals surface area contributed by atoms with E-state index in [2.05, 4.69) is 4.74 Å². The van der Waals surface area contributed by atoms with Crippen LogP contribution in [-0.4, -0.2) is 32.4 Å². The maximum Gasteiger partial charge on any atom is 0.508 e. The van der Waals surface area contributed by atoms with Crippen molar-refractivity contribution in [3.8, 4) is 0 Å². The van der Waals surface area contributed by atoms with Crippen molar-refractivity contribution >= 4 is 12.1 Å². The SMILES string of the molecule is CCC1(C=C(C)C(=O)OC)COC(=O)OC1. The third-order valence-electron chi connectivity index (χ3n) is 2.69. The summed E-state index contributed by atoms with van der Waals surface area (Å²) in [4.78, 5) is 22.1. The van der Waals surface area contributed by atoms with Crippen LogP contribution < -0.4 is 0 Å². The number of carbonyl (C=O) groups is 2. The van der Waals surface area contributed by atoms with E-state index < -0.39 is 11.6 Å². The van der Waals surface area contributed by atoms with Crippen LogP contribution in [0.3, 0.4) is 0 Å². The molecule has 1 aliphatic heterocycles. The molecule has 1 saturated heterocycles. The van der Waals surface area contributed by atoms with Gasteiger partial charge in [0.1, 0.15) is 13.2 Å². The third kappa shape index (κ3) is 2.74. The van der Waals surface area contributed by atoms with Crippen LogP contribution in [0.4, 0.5) is 4.79 Å². The summed E-state index contributed by atoms with van der Waals surface area (Å²) in [6.45, 7) is 4.08. The molecule has 0 aromatic rings. The molecule has 0 saturated carbocycles. The number of carbonyl (C=O) groups excluding carboxylic acids is 2. The highest BCUT2D eigenvalue weighted by atomic mass is 16.7. The summed E-state index contributed by atoms with van der Waals surface area (Å²) >= 11 is 0. The molecular weight excluding hydrogens is 212 g/mol. The van der Waals surface area contributed by atoms with Gasteiger partial charge >= 0.3 is 12.1 Å². The predicted molar refractivity (Wildman–Crippen MR) is 55.8 cm³/mol. The Bertz CT molecular complexity index is 308. The van der Waals surface area contributed by atoms with Gasteiger partial charge in [0, 0.05) is 5.57 Å². The van der Waals surface area contributed by atoms with Gasteiger partial charge in [0.05, 0.1) is 12.5 Å². The van der Waals surface area contributed by atoms with Crippen molar-refractivity contribution < 1.29 is 23.8 Å². The van der Waals surface area contributed by atoms with Gasteiger partial charge in [0.15, 0.2) is 0 Å². The number of hydrogen-bond donors (Lipinski definition) is 0. The van der Waals surface area contributed by atoms with Crippen molar-refractivity contribution in [3.05, 3.63) is 11.6 Å². The van der Waals surface area contributed by atoms with Crippen LogP contribution in [0, 0.1) is 5.41 Å². The van der Waals surface area contributed by atoms with Gasteiger partial charge in [0.2, 0.25) is 0 Å². The molecule has 0 bridgehead atoms. The highest BCUT2D eigenvalue weighted by Crippen LogP contribution is 2.30. The topological polar surface area (TPSA) is 61.8 Å². The third-order valence-corrected chi connectivity index (χ3v) is 2.69. The highest BCUT2D eigenvalue weighted by molar-refractivity contribution is 5.87. The summed E-state index contributed by atoms with van der Waals surface area (Å²) < 4.78 is 14.3. The van der Waals surface area contributed by atoms with E-state index in [-0.39, 0.29) is 19.2 Å². The molecule has 1 rings (SSSR count). The first-order chi connectivity index (χ1) is 7.53. The molecule has 5 nitrogen and oxygen atoms in total. The molecule has 0 unspecified atom stereocenters. The van der Waals surface area contributed by atoms with Crippen LogP contribution in [0.2, 0.25) is 0 Å². The lowest BCUT2D eigenvalue weighted by Gasteiger charge is -2.32. The summed E-state index contributed by atoms with van der Waals surface area (Å²) in [6, 6.07) is 0. The van der Waals surface area contributed by atoms with E-state index in [4.69, 9.17) is 9.47 Å². The van der Waals surface area contributed by atoms with Crippen LogP contribution in [0.1, 0.15) is 20.3 Å². The first-order valence-corrected chi connectivity index (χ1v) is 5.10. The molecule has 0 spiro atoms. The van der Waals surface area contributed by atoms with E-state index >= 15 is 0 Å². The Morgan fingerprint density at radius 1 is 1.50 bits per heavy atom. The smallest absolute Gasteiger partial charge is 0.466 e. The van der Waals surface area contributed by atoms with Gasteiger partial charge in [-0.1, -0.05) is 13.0 Å². The average molecular weight is 228 g/mol. The molecule has 0 amide bonds. The first kappa shape index (κ1) is 12.5. The van der Waals surface area contributed by atoms with Crippen LogP contribution in [-0.2, 0) is 19.0 Å². The highest BCUT2D eigenvalue weighted by Gasteiger charge is 2.35. The van der Waals surface area contributed by atoms with E-state index in [0.29, 0.717) is 12.0 Å². The number of hydrogen-bond acceptors (Lipinski definition) is 5. The molecule has 16 heavy (non-hydrogen) atoms. The van der Waals surface area contributed by atoms with E-state index in [1.807, 2.05) is 6.92 Å². The lowest BCUT2D eigenvalue weighted by molar-refractivity contribution is -0.136. The fourth-order valence-electron chi connectivity index (χ4n) is 1.56. The van der Waals surface area contributed by atoms with Crippen molar-refractivity contribution in [2.75, 3.05) is 20.3 Å².